The highest BCUT2D eigenvalue weighted by Gasteiger charge is 2.10. The van der Waals surface area contributed by atoms with Gasteiger partial charge < -0.3 is 10.6 Å². The number of aromatic nitrogens is 2. The van der Waals surface area contributed by atoms with Gasteiger partial charge in [-0.25, -0.2) is 14.4 Å². The SMILES string of the molecule is Cc1nc(Nc2ccccc2)cc(C(=O)NCc2ccc(F)cc2)n1. The zero-order chi connectivity index (χ0) is 17.6. The molecule has 0 saturated carbocycles. The lowest BCUT2D eigenvalue weighted by molar-refractivity contribution is 0.0945. The first-order chi connectivity index (χ1) is 12.1. The van der Waals surface area contributed by atoms with E-state index < -0.39 is 0 Å². The summed E-state index contributed by atoms with van der Waals surface area (Å²) in [7, 11) is 0. The first kappa shape index (κ1) is 16.6. The van der Waals surface area contributed by atoms with Crippen LogP contribution in [-0.4, -0.2) is 15.9 Å². The molecule has 1 heterocycles. The van der Waals surface area contributed by atoms with Crippen molar-refractivity contribution in [2.24, 2.45) is 0 Å². The Bertz CT molecular complexity index is 866. The molecule has 126 valence electrons. The van der Waals surface area contributed by atoms with Crippen molar-refractivity contribution in [1.29, 1.82) is 0 Å². The van der Waals surface area contributed by atoms with Crippen LogP contribution in [0.5, 0.6) is 0 Å². The lowest BCUT2D eigenvalue weighted by atomic mass is 10.2. The van der Waals surface area contributed by atoms with Crippen molar-refractivity contribution in [3.05, 3.63) is 83.6 Å². The number of aryl methyl sites for hydroxylation is 1. The average molecular weight is 336 g/mol. The van der Waals surface area contributed by atoms with E-state index in [1.54, 1.807) is 25.1 Å². The molecule has 0 aliphatic heterocycles. The monoisotopic (exact) mass is 336 g/mol. The minimum absolute atomic E-state index is 0.271. The Hall–Kier alpha value is -3.28. The Morgan fingerprint density at radius 3 is 2.48 bits per heavy atom. The summed E-state index contributed by atoms with van der Waals surface area (Å²) in [5.41, 5.74) is 1.95. The summed E-state index contributed by atoms with van der Waals surface area (Å²) in [4.78, 5) is 20.8. The van der Waals surface area contributed by atoms with Gasteiger partial charge in [-0.15, -0.1) is 0 Å². The summed E-state index contributed by atoms with van der Waals surface area (Å²) in [6, 6.07) is 17.1. The molecule has 0 atom stereocenters. The maximum Gasteiger partial charge on any atom is 0.270 e. The Balaban J connectivity index is 1.70. The van der Waals surface area contributed by atoms with Gasteiger partial charge in [0.25, 0.3) is 5.91 Å². The number of nitrogens with one attached hydrogen (secondary N) is 2. The van der Waals surface area contributed by atoms with Gasteiger partial charge in [0.1, 0.15) is 23.2 Å². The molecule has 6 heteroatoms. The highest BCUT2D eigenvalue weighted by molar-refractivity contribution is 5.93. The molecule has 0 spiro atoms. The van der Waals surface area contributed by atoms with Crippen LogP contribution in [0.25, 0.3) is 0 Å². The normalized spacial score (nSPS) is 10.3. The number of carbonyl (C=O) groups is 1. The number of hydrogen-bond donors (Lipinski definition) is 2. The summed E-state index contributed by atoms with van der Waals surface area (Å²) in [5.74, 6) is 0.419. The van der Waals surface area contributed by atoms with E-state index in [0.717, 1.165) is 11.3 Å². The Morgan fingerprint density at radius 2 is 1.76 bits per heavy atom. The smallest absolute Gasteiger partial charge is 0.270 e. The second-order valence-electron chi connectivity index (χ2n) is 5.49. The van der Waals surface area contributed by atoms with E-state index in [0.29, 0.717) is 18.2 Å². The number of benzene rings is 2. The van der Waals surface area contributed by atoms with Crippen LogP contribution in [0, 0.1) is 12.7 Å². The van der Waals surface area contributed by atoms with Crippen molar-refractivity contribution in [2.45, 2.75) is 13.5 Å². The zero-order valence-corrected chi connectivity index (χ0v) is 13.7. The summed E-state index contributed by atoms with van der Waals surface area (Å²) in [5, 5.41) is 5.92. The van der Waals surface area contributed by atoms with Crippen LogP contribution >= 0.6 is 0 Å². The van der Waals surface area contributed by atoms with Crippen molar-refractivity contribution in [1.82, 2.24) is 15.3 Å². The Morgan fingerprint density at radius 1 is 1.04 bits per heavy atom. The number of anilines is 2. The van der Waals surface area contributed by atoms with E-state index in [2.05, 4.69) is 20.6 Å². The lowest BCUT2D eigenvalue weighted by Gasteiger charge is -2.09. The molecule has 0 aliphatic carbocycles. The number of hydrogen-bond acceptors (Lipinski definition) is 4. The molecule has 0 fully saturated rings. The number of halogens is 1. The molecule has 1 amide bonds. The third-order valence-corrected chi connectivity index (χ3v) is 3.48. The van der Waals surface area contributed by atoms with Gasteiger partial charge in [-0.1, -0.05) is 30.3 Å². The molecular formula is C19H17FN4O. The van der Waals surface area contributed by atoms with E-state index in [4.69, 9.17) is 0 Å². The summed E-state index contributed by atoms with van der Waals surface area (Å²) in [6.45, 7) is 2.02. The van der Waals surface area contributed by atoms with Crippen LogP contribution in [0.3, 0.4) is 0 Å². The first-order valence-electron chi connectivity index (χ1n) is 7.80. The van der Waals surface area contributed by atoms with E-state index in [-0.39, 0.29) is 17.4 Å². The molecule has 2 N–H and O–H groups in total. The number of carbonyl (C=O) groups excluding carboxylic acids is 1. The molecule has 0 radical (unpaired) electrons. The molecule has 0 aliphatic rings. The van der Waals surface area contributed by atoms with Gasteiger partial charge in [-0.05, 0) is 36.8 Å². The van der Waals surface area contributed by atoms with Crippen molar-refractivity contribution < 1.29 is 9.18 Å². The van der Waals surface area contributed by atoms with Gasteiger partial charge >= 0.3 is 0 Å². The third-order valence-electron chi connectivity index (χ3n) is 3.48. The maximum atomic E-state index is 12.9. The van der Waals surface area contributed by atoms with Crippen LogP contribution in [0.4, 0.5) is 15.9 Å². The molecule has 0 unspecified atom stereocenters. The van der Waals surface area contributed by atoms with Crippen molar-refractivity contribution >= 4 is 17.4 Å². The highest BCUT2D eigenvalue weighted by atomic mass is 19.1. The summed E-state index contributed by atoms with van der Waals surface area (Å²) in [6.07, 6.45) is 0. The predicted molar refractivity (Wildman–Crippen MR) is 94.1 cm³/mol. The first-order valence-corrected chi connectivity index (χ1v) is 7.80. The second kappa shape index (κ2) is 7.53. The van der Waals surface area contributed by atoms with E-state index in [9.17, 15) is 9.18 Å². The van der Waals surface area contributed by atoms with Crippen LogP contribution < -0.4 is 10.6 Å². The van der Waals surface area contributed by atoms with Crippen molar-refractivity contribution in [3.8, 4) is 0 Å². The van der Waals surface area contributed by atoms with Crippen LogP contribution in [0.2, 0.25) is 0 Å². The lowest BCUT2D eigenvalue weighted by Crippen LogP contribution is -2.24. The fraction of sp³-hybridized carbons (Fsp3) is 0.105. The minimum Gasteiger partial charge on any atom is -0.347 e. The molecule has 3 rings (SSSR count). The van der Waals surface area contributed by atoms with E-state index >= 15 is 0 Å². The number of amides is 1. The van der Waals surface area contributed by atoms with E-state index in [1.165, 1.54) is 12.1 Å². The Kier molecular flexibility index (Phi) is 4.99. The molecule has 0 saturated heterocycles. The number of rotatable bonds is 5. The van der Waals surface area contributed by atoms with Crippen molar-refractivity contribution in [3.63, 3.8) is 0 Å². The van der Waals surface area contributed by atoms with Gasteiger partial charge in [0, 0.05) is 18.3 Å². The largest absolute Gasteiger partial charge is 0.347 e. The number of nitrogens with zero attached hydrogens (tertiary/aromatic N) is 2. The van der Waals surface area contributed by atoms with Gasteiger partial charge in [-0.2, -0.15) is 0 Å². The van der Waals surface area contributed by atoms with Gasteiger partial charge in [0.15, 0.2) is 0 Å². The quantitative estimate of drug-likeness (QED) is 0.747. The van der Waals surface area contributed by atoms with Crippen LogP contribution in [-0.2, 0) is 6.54 Å². The standard InChI is InChI=1S/C19H17FN4O/c1-13-22-17(11-18(23-13)24-16-5-3-2-4-6-16)19(25)21-12-14-7-9-15(20)10-8-14/h2-11H,12H2,1H3,(H,21,25)(H,22,23,24). The number of para-hydroxylation sites is 1. The molecule has 2 aromatic carbocycles. The fourth-order valence-electron chi connectivity index (χ4n) is 2.29. The minimum atomic E-state index is -0.314. The zero-order valence-electron chi connectivity index (χ0n) is 13.7. The highest BCUT2D eigenvalue weighted by Crippen LogP contribution is 2.15. The second-order valence-corrected chi connectivity index (χ2v) is 5.49. The molecule has 3 aromatic rings. The summed E-state index contributed by atoms with van der Waals surface area (Å²) >= 11 is 0. The van der Waals surface area contributed by atoms with Crippen LogP contribution in [0.15, 0.2) is 60.7 Å². The molecule has 0 bridgehead atoms. The van der Waals surface area contributed by atoms with Gasteiger partial charge in [0.2, 0.25) is 0 Å². The molecule has 1 aromatic heterocycles. The molecule has 25 heavy (non-hydrogen) atoms. The predicted octanol–water partition coefficient (Wildman–Crippen LogP) is 3.60. The topological polar surface area (TPSA) is 66.9 Å². The maximum absolute atomic E-state index is 12.9. The summed E-state index contributed by atoms with van der Waals surface area (Å²) < 4.78 is 12.9. The van der Waals surface area contributed by atoms with Gasteiger partial charge in [-0.3, -0.25) is 4.79 Å². The van der Waals surface area contributed by atoms with Gasteiger partial charge in [0.05, 0.1) is 0 Å². The Labute approximate surface area is 145 Å². The van der Waals surface area contributed by atoms with Crippen molar-refractivity contribution in [2.75, 3.05) is 5.32 Å². The van der Waals surface area contributed by atoms with E-state index in [1.807, 2.05) is 30.3 Å². The fourth-order valence-corrected chi connectivity index (χ4v) is 2.29. The average Bonchev–Trinajstić information content (AvgIpc) is 2.61. The third kappa shape index (κ3) is 4.60. The van der Waals surface area contributed by atoms with Crippen LogP contribution in [0.1, 0.15) is 21.9 Å². The molecule has 5 nitrogen and oxygen atoms in total. The molecular weight excluding hydrogens is 319 g/mol.